The molecule has 3 rings (SSSR count). The summed E-state index contributed by atoms with van der Waals surface area (Å²) in [5.41, 5.74) is 4.21. The Hall–Kier alpha value is -1.42. The van der Waals surface area contributed by atoms with Crippen LogP contribution in [0.4, 0.5) is 0 Å². The zero-order chi connectivity index (χ0) is 15.7. The van der Waals surface area contributed by atoms with E-state index in [9.17, 15) is 0 Å². The summed E-state index contributed by atoms with van der Waals surface area (Å²) in [7, 11) is 0. The fraction of sp³-hybridized carbons (Fsp3) is 0.176. The van der Waals surface area contributed by atoms with Gasteiger partial charge in [0.25, 0.3) is 0 Å². The van der Waals surface area contributed by atoms with Crippen molar-refractivity contribution in [2.75, 3.05) is 0 Å². The minimum Gasteiger partial charge on any atom is -0.264 e. The molecule has 0 saturated heterocycles. The lowest BCUT2D eigenvalue weighted by Crippen LogP contribution is -1.93. The first-order valence-corrected chi connectivity index (χ1v) is 8.55. The van der Waals surface area contributed by atoms with Crippen molar-refractivity contribution in [2.45, 2.75) is 19.8 Å². The van der Waals surface area contributed by atoms with Crippen molar-refractivity contribution in [3.05, 3.63) is 57.6 Å². The largest absolute Gasteiger partial charge is 0.264 e. The zero-order valence-corrected chi connectivity index (χ0v) is 14.5. The van der Waals surface area contributed by atoms with Crippen LogP contribution in [0.25, 0.3) is 21.8 Å². The van der Waals surface area contributed by atoms with Crippen LogP contribution in [0.1, 0.15) is 25.3 Å². The maximum absolute atomic E-state index is 6.09. The van der Waals surface area contributed by atoms with Crippen molar-refractivity contribution in [2.24, 2.45) is 0 Å². The summed E-state index contributed by atoms with van der Waals surface area (Å²) in [5.74, 6) is 0.426. The van der Waals surface area contributed by atoms with Gasteiger partial charge >= 0.3 is 0 Å². The smallest absolute Gasteiger partial charge is 0.125 e. The van der Waals surface area contributed by atoms with Crippen LogP contribution in [0.5, 0.6) is 0 Å². The van der Waals surface area contributed by atoms with Crippen LogP contribution < -0.4 is 0 Å². The van der Waals surface area contributed by atoms with E-state index in [-0.39, 0.29) is 0 Å². The molecule has 0 fully saturated rings. The first kappa shape index (κ1) is 15.5. The lowest BCUT2D eigenvalue weighted by molar-refractivity contribution is 0.865. The van der Waals surface area contributed by atoms with E-state index in [4.69, 9.17) is 28.2 Å². The number of hydrogen-bond donors (Lipinski definition) is 0. The molecule has 0 spiro atoms. The standard InChI is InChI=1S/C17H14Cl2N2S/c1-10(2)12-5-6-20-8-13(12)17-21-16(9-22-17)11-3-4-14(18)15(19)7-11/h3-10H,1-2H3. The molecule has 0 aliphatic carbocycles. The lowest BCUT2D eigenvalue weighted by Gasteiger charge is -2.09. The highest BCUT2D eigenvalue weighted by molar-refractivity contribution is 7.13. The van der Waals surface area contributed by atoms with Crippen LogP contribution in [0.2, 0.25) is 10.0 Å². The Morgan fingerprint density at radius 3 is 2.64 bits per heavy atom. The average Bonchev–Trinajstić information content (AvgIpc) is 3.00. The van der Waals surface area contributed by atoms with Crippen LogP contribution >= 0.6 is 34.5 Å². The fourth-order valence-electron chi connectivity index (χ4n) is 2.27. The van der Waals surface area contributed by atoms with Gasteiger partial charge in [0.1, 0.15) is 5.01 Å². The molecule has 0 N–H and O–H groups in total. The molecule has 1 aromatic carbocycles. The third kappa shape index (κ3) is 3.02. The van der Waals surface area contributed by atoms with Crippen molar-refractivity contribution in [1.29, 1.82) is 0 Å². The fourth-order valence-corrected chi connectivity index (χ4v) is 3.43. The highest BCUT2D eigenvalue weighted by Gasteiger charge is 2.13. The van der Waals surface area contributed by atoms with Gasteiger partial charge in [-0.2, -0.15) is 0 Å². The van der Waals surface area contributed by atoms with Crippen LogP contribution in [-0.4, -0.2) is 9.97 Å². The van der Waals surface area contributed by atoms with Crippen LogP contribution in [-0.2, 0) is 0 Å². The number of halogens is 2. The first-order valence-electron chi connectivity index (χ1n) is 6.91. The molecule has 5 heteroatoms. The summed E-state index contributed by atoms with van der Waals surface area (Å²) in [6.45, 7) is 4.35. The predicted molar refractivity (Wildman–Crippen MR) is 94.9 cm³/mol. The molecule has 0 unspecified atom stereocenters. The Balaban J connectivity index is 2.02. The van der Waals surface area contributed by atoms with Crippen molar-refractivity contribution in [3.8, 4) is 21.8 Å². The molecule has 2 heterocycles. The van der Waals surface area contributed by atoms with E-state index in [0.29, 0.717) is 16.0 Å². The summed E-state index contributed by atoms with van der Waals surface area (Å²) < 4.78 is 0. The van der Waals surface area contributed by atoms with Gasteiger partial charge < -0.3 is 0 Å². The van der Waals surface area contributed by atoms with E-state index < -0.39 is 0 Å². The molecular weight excluding hydrogens is 335 g/mol. The number of thiazole rings is 1. The van der Waals surface area contributed by atoms with E-state index in [1.165, 1.54) is 5.56 Å². The van der Waals surface area contributed by atoms with Crippen LogP contribution in [0, 0.1) is 0 Å². The Morgan fingerprint density at radius 2 is 1.91 bits per heavy atom. The molecule has 3 aromatic rings. The maximum Gasteiger partial charge on any atom is 0.125 e. The summed E-state index contributed by atoms with van der Waals surface area (Å²) >= 11 is 13.7. The van der Waals surface area contributed by atoms with Gasteiger partial charge in [0.2, 0.25) is 0 Å². The third-order valence-electron chi connectivity index (χ3n) is 3.43. The molecule has 0 bridgehead atoms. The molecule has 0 radical (unpaired) electrons. The SMILES string of the molecule is CC(C)c1ccncc1-c1nc(-c2ccc(Cl)c(Cl)c2)cs1. The van der Waals surface area contributed by atoms with E-state index in [2.05, 4.69) is 24.9 Å². The predicted octanol–water partition coefficient (Wildman–Crippen LogP) is 6.30. The van der Waals surface area contributed by atoms with Crippen LogP contribution in [0.3, 0.4) is 0 Å². The topological polar surface area (TPSA) is 25.8 Å². The van der Waals surface area contributed by atoms with Gasteiger partial charge in [0.05, 0.1) is 15.7 Å². The highest BCUT2D eigenvalue weighted by atomic mass is 35.5. The van der Waals surface area contributed by atoms with Crippen molar-refractivity contribution in [3.63, 3.8) is 0 Å². The average molecular weight is 349 g/mol. The van der Waals surface area contributed by atoms with Gasteiger partial charge in [-0.1, -0.05) is 43.1 Å². The molecule has 112 valence electrons. The number of hydrogen-bond acceptors (Lipinski definition) is 3. The lowest BCUT2D eigenvalue weighted by atomic mass is 10.00. The highest BCUT2D eigenvalue weighted by Crippen LogP contribution is 2.34. The number of pyridine rings is 1. The molecule has 2 nitrogen and oxygen atoms in total. The van der Waals surface area contributed by atoms with Gasteiger partial charge in [0, 0.05) is 28.9 Å². The van der Waals surface area contributed by atoms with Crippen molar-refractivity contribution < 1.29 is 0 Å². The number of aromatic nitrogens is 2. The Labute approximate surface area is 143 Å². The summed E-state index contributed by atoms with van der Waals surface area (Å²) in [6.07, 6.45) is 3.71. The van der Waals surface area contributed by atoms with Gasteiger partial charge in [-0.05, 0) is 29.7 Å². The summed E-state index contributed by atoms with van der Waals surface area (Å²) in [4.78, 5) is 8.98. The Bertz CT molecular complexity index is 812. The molecule has 0 aliphatic rings. The zero-order valence-electron chi connectivity index (χ0n) is 12.2. The number of benzene rings is 1. The summed E-state index contributed by atoms with van der Waals surface area (Å²) in [6, 6.07) is 7.62. The molecule has 0 saturated carbocycles. The summed E-state index contributed by atoms with van der Waals surface area (Å²) in [5, 5.41) is 4.09. The second-order valence-electron chi connectivity index (χ2n) is 5.28. The van der Waals surface area contributed by atoms with Gasteiger partial charge in [0.15, 0.2) is 0 Å². The minimum absolute atomic E-state index is 0.426. The Morgan fingerprint density at radius 1 is 1.09 bits per heavy atom. The van der Waals surface area contributed by atoms with Gasteiger partial charge in [-0.15, -0.1) is 11.3 Å². The molecule has 0 atom stereocenters. The molecule has 2 aromatic heterocycles. The normalized spacial score (nSPS) is 11.1. The maximum atomic E-state index is 6.09. The molecular formula is C17H14Cl2N2S. The quantitative estimate of drug-likeness (QED) is 0.554. The molecule has 22 heavy (non-hydrogen) atoms. The minimum atomic E-state index is 0.426. The number of nitrogens with zero attached hydrogens (tertiary/aromatic N) is 2. The number of rotatable bonds is 3. The van der Waals surface area contributed by atoms with Crippen LogP contribution in [0.15, 0.2) is 42.0 Å². The first-order chi connectivity index (χ1) is 10.6. The van der Waals surface area contributed by atoms with Crippen molar-refractivity contribution in [1.82, 2.24) is 9.97 Å². The Kier molecular flexibility index (Phi) is 4.48. The van der Waals surface area contributed by atoms with E-state index in [1.807, 2.05) is 29.9 Å². The van der Waals surface area contributed by atoms with Gasteiger partial charge in [-0.3, -0.25) is 4.98 Å². The van der Waals surface area contributed by atoms with E-state index >= 15 is 0 Å². The molecule has 0 aliphatic heterocycles. The van der Waals surface area contributed by atoms with Gasteiger partial charge in [-0.25, -0.2) is 4.98 Å². The van der Waals surface area contributed by atoms with Crippen molar-refractivity contribution >= 4 is 34.5 Å². The van der Waals surface area contributed by atoms with E-state index in [1.54, 1.807) is 17.4 Å². The monoisotopic (exact) mass is 348 g/mol. The second-order valence-corrected chi connectivity index (χ2v) is 6.96. The molecule has 0 amide bonds. The van der Waals surface area contributed by atoms with E-state index in [0.717, 1.165) is 21.8 Å². The third-order valence-corrected chi connectivity index (χ3v) is 5.04. The second kappa shape index (κ2) is 6.37.